The SMILES string of the molecule is CCOC(CC)C(NC)C1CCCCCC1. The largest absolute Gasteiger partial charge is 0.377 e. The molecule has 0 aromatic rings. The van der Waals surface area contributed by atoms with E-state index in [1.807, 2.05) is 0 Å². The van der Waals surface area contributed by atoms with Crippen LogP contribution in [0.1, 0.15) is 58.8 Å². The zero-order valence-electron chi connectivity index (χ0n) is 11.3. The van der Waals surface area contributed by atoms with Crippen LogP contribution in [0.2, 0.25) is 0 Å². The van der Waals surface area contributed by atoms with Crippen LogP contribution in [0, 0.1) is 5.92 Å². The van der Waals surface area contributed by atoms with Gasteiger partial charge in [0.1, 0.15) is 0 Å². The predicted octanol–water partition coefficient (Wildman–Crippen LogP) is 3.36. The molecule has 1 fully saturated rings. The third-order valence-electron chi connectivity index (χ3n) is 3.92. The second-order valence-electron chi connectivity index (χ2n) is 4.97. The molecule has 0 spiro atoms. The molecule has 96 valence electrons. The molecule has 0 aromatic heterocycles. The van der Waals surface area contributed by atoms with Crippen molar-refractivity contribution in [2.24, 2.45) is 5.92 Å². The molecule has 0 aromatic carbocycles. The van der Waals surface area contributed by atoms with E-state index >= 15 is 0 Å². The lowest BCUT2D eigenvalue weighted by Crippen LogP contribution is -2.44. The van der Waals surface area contributed by atoms with Crippen LogP contribution in [0.25, 0.3) is 0 Å². The summed E-state index contributed by atoms with van der Waals surface area (Å²) in [7, 11) is 2.09. The third-order valence-corrected chi connectivity index (χ3v) is 3.92. The molecule has 16 heavy (non-hydrogen) atoms. The van der Waals surface area contributed by atoms with Crippen LogP contribution in [-0.2, 0) is 4.74 Å². The Hall–Kier alpha value is -0.0800. The van der Waals surface area contributed by atoms with E-state index in [4.69, 9.17) is 4.74 Å². The van der Waals surface area contributed by atoms with E-state index in [2.05, 4.69) is 26.2 Å². The van der Waals surface area contributed by atoms with Crippen LogP contribution in [-0.4, -0.2) is 25.8 Å². The lowest BCUT2D eigenvalue weighted by molar-refractivity contribution is 0.0149. The van der Waals surface area contributed by atoms with Crippen molar-refractivity contribution < 1.29 is 4.74 Å². The lowest BCUT2D eigenvalue weighted by atomic mass is 9.87. The molecule has 2 unspecified atom stereocenters. The summed E-state index contributed by atoms with van der Waals surface area (Å²) in [5.74, 6) is 0.823. The zero-order valence-corrected chi connectivity index (χ0v) is 11.3. The molecule has 1 aliphatic rings. The van der Waals surface area contributed by atoms with E-state index in [0.29, 0.717) is 12.1 Å². The van der Waals surface area contributed by atoms with E-state index in [-0.39, 0.29) is 0 Å². The Labute approximate surface area is 101 Å². The van der Waals surface area contributed by atoms with Crippen LogP contribution < -0.4 is 5.32 Å². The molecular formula is C14H29NO. The highest BCUT2D eigenvalue weighted by Crippen LogP contribution is 2.28. The first-order chi connectivity index (χ1) is 7.83. The number of nitrogens with one attached hydrogen (secondary N) is 1. The first-order valence-electron chi connectivity index (χ1n) is 7.12. The fourth-order valence-corrected chi connectivity index (χ4v) is 3.08. The molecule has 0 bridgehead atoms. The van der Waals surface area contributed by atoms with Crippen LogP contribution in [0.15, 0.2) is 0 Å². The monoisotopic (exact) mass is 227 g/mol. The molecule has 1 rings (SSSR count). The molecule has 0 aliphatic heterocycles. The first-order valence-corrected chi connectivity index (χ1v) is 7.12. The van der Waals surface area contributed by atoms with Gasteiger partial charge in [-0.2, -0.15) is 0 Å². The Morgan fingerprint density at radius 1 is 1.12 bits per heavy atom. The van der Waals surface area contributed by atoms with Crippen molar-refractivity contribution in [3.05, 3.63) is 0 Å². The smallest absolute Gasteiger partial charge is 0.0727 e. The van der Waals surface area contributed by atoms with E-state index < -0.39 is 0 Å². The molecule has 2 heteroatoms. The minimum absolute atomic E-state index is 0.401. The number of ether oxygens (including phenoxy) is 1. The Morgan fingerprint density at radius 3 is 2.19 bits per heavy atom. The van der Waals surface area contributed by atoms with Gasteiger partial charge in [-0.25, -0.2) is 0 Å². The summed E-state index contributed by atoms with van der Waals surface area (Å²) in [5, 5.41) is 3.51. The Kier molecular flexibility index (Phi) is 7.06. The lowest BCUT2D eigenvalue weighted by Gasteiger charge is -2.32. The normalized spacial score (nSPS) is 22.7. The predicted molar refractivity (Wildman–Crippen MR) is 69.7 cm³/mol. The summed E-state index contributed by atoms with van der Waals surface area (Å²) < 4.78 is 5.88. The average molecular weight is 227 g/mol. The first kappa shape index (κ1) is 14.0. The van der Waals surface area contributed by atoms with Gasteiger partial charge < -0.3 is 10.1 Å². The van der Waals surface area contributed by atoms with Crippen molar-refractivity contribution in [2.75, 3.05) is 13.7 Å². The van der Waals surface area contributed by atoms with Crippen LogP contribution in [0.4, 0.5) is 0 Å². The van der Waals surface area contributed by atoms with Gasteiger partial charge >= 0.3 is 0 Å². The molecule has 0 amide bonds. The van der Waals surface area contributed by atoms with Crippen molar-refractivity contribution in [3.8, 4) is 0 Å². The topological polar surface area (TPSA) is 21.3 Å². The fraction of sp³-hybridized carbons (Fsp3) is 1.00. The van der Waals surface area contributed by atoms with Gasteiger partial charge in [0, 0.05) is 12.6 Å². The van der Waals surface area contributed by atoms with Gasteiger partial charge in [-0.15, -0.1) is 0 Å². The standard InChI is InChI=1S/C14H29NO/c1-4-13(16-5-2)14(15-3)12-10-8-6-7-9-11-12/h12-15H,4-11H2,1-3H3. The van der Waals surface area contributed by atoms with Gasteiger partial charge in [-0.3, -0.25) is 0 Å². The van der Waals surface area contributed by atoms with Crippen molar-refractivity contribution >= 4 is 0 Å². The maximum absolute atomic E-state index is 5.88. The maximum Gasteiger partial charge on any atom is 0.0727 e. The number of likely N-dealkylation sites (N-methyl/N-ethyl adjacent to an activating group) is 1. The van der Waals surface area contributed by atoms with E-state index in [0.717, 1.165) is 18.9 Å². The minimum atomic E-state index is 0.401. The Bertz CT molecular complexity index is 164. The molecule has 1 aliphatic carbocycles. The van der Waals surface area contributed by atoms with Gasteiger partial charge in [-0.05, 0) is 39.2 Å². The maximum atomic E-state index is 5.88. The molecule has 1 N–H and O–H groups in total. The van der Waals surface area contributed by atoms with Gasteiger partial charge in [0.15, 0.2) is 0 Å². The van der Waals surface area contributed by atoms with Crippen molar-refractivity contribution in [1.29, 1.82) is 0 Å². The van der Waals surface area contributed by atoms with Crippen molar-refractivity contribution in [2.45, 2.75) is 70.9 Å². The molecule has 1 saturated carbocycles. The van der Waals surface area contributed by atoms with Crippen LogP contribution in [0.3, 0.4) is 0 Å². The molecule has 0 heterocycles. The molecule has 0 radical (unpaired) electrons. The Morgan fingerprint density at radius 2 is 1.75 bits per heavy atom. The second kappa shape index (κ2) is 8.08. The van der Waals surface area contributed by atoms with Crippen molar-refractivity contribution in [3.63, 3.8) is 0 Å². The number of rotatable bonds is 6. The fourth-order valence-electron chi connectivity index (χ4n) is 3.08. The minimum Gasteiger partial charge on any atom is -0.377 e. The molecule has 2 nitrogen and oxygen atoms in total. The molecule has 2 atom stereocenters. The molecule has 0 saturated heterocycles. The highest BCUT2D eigenvalue weighted by molar-refractivity contribution is 4.83. The van der Waals surface area contributed by atoms with Gasteiger partial charge in [0.05, 0.1) is 6.10 Å². The molecular weight excluding hydrogens is 198 g/mol. The summed E-state index contributed by atoms with van der Waals surface area (Å²) in [4.78, 5) is 0. The summed E-state index contributed by atoms with van der Waals surface area (Å²) in [6.45, 7) is 5.17. The van der Waals surface area contributed by atoms with Gasteiger partial charge in [0.2, 0.25) is 0 Å². The van der Waals surface area contributed by atoms with Crippen LogP contribution >= 0.6 is 0 Å². The second-order valence-corrected chi connectivity index (χ2v) is 4.97. The van der Waals surface area contributed by atoms with E-state index in [1.165, 1.54) is 38.5 Å². The number of hydrogen-bond acceptors (Lipinski definition) is 2. The van der Waals surface area contributed by atoms with Crippen LogP contribution in [0.5, 0.6) is 0 Å². The third kappa shape index (κ3) is 4.06. The summed E-state index contributed by atoms with van der Waals surface area (Å²) in [6, 6.07) is 0.558. The zero-order chi connectivity index (χ0) is 11.8. The van der Waals surface area contributed by atoms with Crippen molar-refractivity contribution in [1.82, 2.24) is 5.32 Å². The summed E-state index contributed by atoms with van der Waals surface area (Å²) >= 11 is 0. The van der Waals surface area contributed by atoms with Gasteiger partial charge in [-0.1, -0.05) is 32.6 Å². The van der Waals surface area contributed by atoms with Gasteiger partial charge in [0.25, 0.3) is 0 Å². The van der Waals surface area contributed by atoms with E-state index in [9.17, 15) is 0 Å². The average Bonchev–Trinajstić information content (AvgIpc) is 2.58. The Balaban J connectivity index is 2.54. The highest BCUT2D eigenvalue weighted by Gasteiger charge is 2.27. The number of hydrogen-bond donors (Lipinski definition) is 1. The quantitative estimate of drug-likeness (QED) is 0.703. The van der Waals surface area contributed by atoms with E-state index in [1.54, 1.807) is 0 Å². The highest BCUT2D eigenvalue weighted by atomic mass is 16.5. The summed E-state index contributed by atoms with van der Waals surface area (Å²) in [6.07, 6.45) is 9.96. The summed E-state index contributed by atoms with van der Waals surface area (Å²) in [5.41, 5.74) is 0.